The number of likely N-dealkylation sites (N-methyl/N-ethyl adjacent to an activating group) is 1. The van der Waals surface area contributed by atoms with Gasteiger partial charge in [0.25, 0.3) is 0 Å². The third kappa shape index (κ3) is 1.28. The molecule has 0 N–H and O–H groups in total. The van der Waals surface area contributed by atoms with Crippen LogP contribution in [0.3, 0.4) is 0 Å². The van der Waals surface area contributed by atoms with Gasteiger partial charge < -0.3 is 4.90 Å². The van der Waals surface area contributed by atoms with Crippen LogP contribution in [0.1, 0.15) is 32.6 Å². The van der Waals surface area contributed by atoms with E-state index in [0.717, 1.165) is 0 Å². The molecule has 0 atom stereocenters. The molecule has 0 radical (unpaired) electrons. The summed E-state index contributed by atoms with van der Waals surface area (Å²) in [4.78, 5) is 2.51. The van der Waals surface area contributed by atoms with Crippen LogP contribution in [-0.4, -0.2) is 18.0 Å². The lowest BCUT2D eigenvalue weighted by Crippen LogP contribution is -2.29. The highest BCUT2D eigenvalue weighted by molar-refractivity contribution is 5.34. The second-order valence-electron chi connectivity index (χ2n) is 3.58. The minimum Gasteiger partial charge on any atom is -0.372 e. The monoisotopic (exact) mass is 163 g/mol. The van der Waals surface area contributed by atoms with Gasteiger partial charge in [-0.1, -0.05) is 12.2 Å². The van der Waals surface area contributed by atoms with Crippen LogP contribution >= 0.6 is 0 Å². The van der Waals surface area contributed by atoms with Crippen molar-refractivity contribution >= 4 is 0 Å². The van der Waals surface area contributed by atoms with Gasteiger partial charge in [0.1, 0.15) is 0 Å². The number of hydrogen-bond acceptors (Lipinski definition) is 1. The van der Waals surface area contributed by atoms with Crippen molar-refractivity contribution in [3.63, 3.8) is 0 Å². The Balaban J connectivity index is 2.20. The second-order valence-corrected chi connectivity index (χ2v) is 3.58. The Morgan fingerprint density at radius 3 is 3.00 bits per heavy atom. The molecule has 1 fully saturated rings. The molecule has 2 aliphatic rings. The molecule has 1 aliphatic carbocycles. The lowest BCUT2D eigenvalue weighted by molar-refractivity contribution is 0.333. The first-order chi connectivity index (χ1) is 5.92. The SMILES string of the molecule is CCN1CCCC2=CCCC=C21. The molecule has 0 saturated carbocycles. The summed E-state index contributed by atoms with van der Waals surface area (Å²) in [6.07, 6.45) is 10.0. The summed E-state index contributed by atoms with van der Waals surface area (Å²) in [6.45, 7) is 4.68. The van der Waals surface area contributed by atoms with Gasteiger partial charge in [0.05, 0.1) is 0 Å². The van der Waals surface area contributed by atoms with Gasteiger partial charge in [-0.05, 0) is 38.2 Å². The van der Waals surface area contributed by atoms with Crippen molar-refractivity contribution in [2.24, 2.45) is 0 Å². The first-order valence-corrected chi connectivity index (χ1v) is 5.06. The van der Waals surface area contributed by atoms with E-state index in [0.29, 0.717) is 0 Å². The molecule has 66 valence electrons. The summed E-state index contributed by atoms with van der Waals surface area (Å²) in [7, 11) is 0. The van der Waals surface area contributed by atoms with Crippen molar-refractivity contribution in [3.05, 3.63) is 23.4 Å². The van der Waals surface area contributed by atoms with Gasteiger partial charge in [-0.15, -0.1) is 0 Å². The van der Waals surface area contributed by atoms with E-state index < -0.39 is 0 Å². The van der Waals surface area contributed by atoms with Crippen LogP contribution in [0.4, 0.5) is 0 Å². The number of hydrogen-bond donors (Lipinski definition) is 0. The Hall–Kier alpha value is -0.720. The molecule has 12 heavy (non-hydrogen) atoms. The summed E-state index contributed by atoms with van der Waals surface area (Å²) >= 11 is 0. The first kappa shape index (κ1) is 7.90. The highest BCUT2D eigenvalue weighted by atomic mass is 15.1. The third-order valence-electron chi connectivity index (χ3n) is 2.82. The van der Waals surface area contributed by atoms with Gasteiger partial charge in [0, 0.05) is 18.8 Å². The molecule has 0 spiro atoms. The zero-order chi connectivity index (χ0) is 8.39. The predicted molar refractivity (Wildman–Crippen MR) is 51.9 cm³/mol. The summed E-state index contributed by atoms with van der Waals surface area (Å²) in [5.41, 5.74) is 3.14. The smallest absolute Gasteiger partial charge is 0.0355 e. The number of nitrogens with zero attached hydrogens (tertiary/aromatic N) is 1. The molecule has 0 aromatic heterocycles. The number of fused-ring (bicyclic) bond motifs is 1. The molecule has 1 nitrogen and oxygen atoms in total. The molecule has 1 aliphatic heterocycles. The maximum Gasteiger partial charge on any atom is 0.0355 e. The zero-order valence-corrected chi connectivity index (χ0v) is 7.84. The Labute approximate surface area is 74.8 Å². The minimum atomic E-state index is 1.17. The third-order valence-corrected chi connectivity index (χ3v) is 2.82. The Bertz CT molecular complexity index is 225. The van der Waals surface area contributed by atoms with Crippen LogP contribution < -0.4 is 0 Å². The Kier molecular flexibility index (Phi) is 2.20. The molecular weight excluding hydrogens is 146 g/mol. The fraction of sp³-hybridized carbons (Fsp3) is 0.636. The quantitative estimate of drug-likeness (QED) is 0.574. The van der Waals surface area contributed by atoms with Gasteiger partial charge >= 0.3 is 0 Å². The van der Waals surface area contributed by atoms with Crippen molar-refractivity contribution in [1.82, 2.24) is 4.90 Å². The van der Waals surface area contributed by atoms with E-state index in [1.807, 2.05) is 0 Å². The minimum absolute atomic E-state index is 1.17. The molecule has 0 amide bonds. The van der Waals surface area contributed by atoms with Crippen LogP contribution in [0, 0.1) is 0 Å². The van der Waals surface area contributed by atoms with E-state index in [-0.39, 0.29) is 0 Å². The lowest BCUT2D eigenvalue weighted by atomic mass is 9.94. The van der Waals surface area contributed by atoms with Crippen LogP contribution in [0.25, 0.3) is 0 Å². The van der Waals surface area contributed by atoms with E-state index in [1.54, 1.807) is 5.57 Å². The summed E-state index contributed by atoms with van der Waals surface area (Å²) in [5, 5.41) is 0. The standard InChI is InChI=1S/C11H17N/c1-2-12-9-5-7-10-6-3-4-8-11(10)12/h6,8H,2-5,7,9H2,1H3. The van der Waals surface area contributed by atoms with Gasteiger partial charge in [0.2, 0.25) is 0 Å². The molecule has 0 unspecified atom stereocenters. The normalized spacial score (nSPS) is 22.9. The summed E-state index contributed by atoms with van der Waals surface area (Å²) in [6, 6.07) is 0. The number of likely N-dealkylation sites (tertiary alicyclic amines) is 1. The van der Waals surface area contributed by atoms with Gasteiger partial charge in [-0.3, -0.25) is 0 Å². The molecule has 1 saturated heterocycles. The Morgan fingerprint density at radius 2 is 2.17 bits per heavy atom. The number of piperidine rings is 1. The van der Waals surface area contributed by atoms with E-state index in [9.17, 15) is 0 Å². The summed E-state index contributed by atoms with van der Waals surface area (Å²) in [5.74, 6) is 0. The molecule has 0 bridgehead atoms. The average molecular weight is 163 g/mol. The van der Waals surface area contributed by atoms with Crippen LogP contribution in [0.2, 0.25) is 0 Å². The molecule has 2 rings (SSSR count). The molecule has 0 aromatic carbocycles. The predicted octanol–water partition coefficient (Wildman–Crippen LogP) is 2.71. The topological polar surface area (TPSA) is 3.24 Å². The highest BCUT2D eigenvalue weighted by Gasteiger charge is 2.18. The van der Waals surface area contributed by atoms with E-state index >= 15 is 0 Å². The molecule has 1 heterocycles. The van der Waals surface area contributed by atoms with Crippen LogP contribution in [0.15, 0.2) is 23.4 Å². The maximum atomic E-state index is 2.51. The van der Waals surface area contributed by atoms with Crippen molar-refractivity contribution < 1.29 is 0 Å². The fourth-order valence-corrected chi connectivity index (χ4v) is 2.18. The average Bonchev–Trinajstić information content (AvgIpc) is 2.17. The Morgan fingerprint density at radius 1 is 1.33 bits per heavy atom. The maximum absolute atomic E-state index is 2.51. The van der Waals surface area contributed by atoms with E-state index in [2.05, 4.69) is 24.0 Å². The molecule has 0 aromatic rings. The van der Waals surface area contributed by atoms with Crippen molar-refractivity contribution in [2.75, 3.05) is 13.1 Å². The van der Waals surface area contributed by atoms with E-state index in [1.165, 1.54) is 44.5 Å². The second kappa shape index (κ2) is 3.34. The highest BCUT2D eigenvalue weighted by Crippen LogP contribution is 2.29. The van der Waals surface area contributed by atoms with Crippen molar-refractivity contribution in [3.8, 4) is 0 Å². The summed E-state index contributed by atoms with van der Waals surface area (Å²) < 4.78 is 0. The lowest BCUT2D eigenvalue weighted by Gasteiger charge is -2.34. The zero-order valence-electron chi connectivity index (χ0n) is 7.84. The first-order valence-electron chi connectivity index (χ1n) is 5.06. The molecular formula is C11H17N. The van der Waals surface area contributed by atoms with Crippen LogP contribution in [-0.2, 0) is 0 Å². The fourth-order valence-electron chi connectivity index (χ4n) is 2.18. The number of rotatable bonds is 1. The van der Waals surface area contributed by atoms with Gasteiger partial charge in [-0.25, -0.2) is 0 Å². The largest absolute Gasteiger partial charge is 0.372 e. The van der Waals surface area contributed by atoms with Crippen LogP contribution in [0.5, 0.6) is 0 Å². The van der Waals surface area contributed by atoms with Gasteiger partial charge in [0.15, 0.2) is 0 Å². The molecule has 1 heteroatoms. The number of allylic oxidation sites excluding steroid dienone is 3. The van der Waals surface area contributed by atoms with E-state index in [4.69, 9.17) is 0 Å². The van der Waals surface area contributed by atoms with Crippen molar-refractivity contribution in [2.45, 2.75) is 32.6 Å². The van der Waals surface area contributed by atoms with Gasteiger partial charge in [-0.2, -0.15) is 0 Å². The van der Waals surface area contributed by atoms with Crippen molar-refractivity contribution in [1.29, 1.82) is 0 Å².